The summed E-state index contributed by atoms with van der Waals surface area (Å²) in [6.07, 6.45) is 0. The molecule has 3 heteroatoms. The first-order chi connectivity index (χ1) is 28.2. The lowest BCUT2D eigenvalue weighted by atomic mass is 9.90. The van der Waals surface area contributed by atoms with E-state index in [0.29, 0.717) is 0 Å². The fourth-order valence-corrected chi connectivity index (χ4v) is 8.91. The van der Waals surface area contributed by atoms with E-state index < -0.39 is 0 Å². The summed E-state index contributed by atoms with van der Waals surface area (Å²) in [5.41, 5.74) is 12.0. The maximum atomic E-state index is 6.91. The van der Waals surface area contributed by atoms with Crippen LogP contribution in [0.15, 0.2) is 200 Å². The van der Waals surface area contributed by atoms with E-state index in [9.17, 15) is 0 Å². The fourth-order valence-electron chi connectivity index (χ4n) is 8.91. The summed E-state index contributed by atoms with van der Waals surface area (Å²) in [5, 5.41) is 7.45. The minimum absolute atomic E-state index is 0.758. The molecule has 2 aliphatic heterocycles. The summed E-state index contributed by atoms with van der Waals surface area (Å²) >= 11 is 0. The zero-order valence-corrected chi connectivity index (χ0v) is 30.8. The number of ether oxygens (including phenoxy) is 2. The van der Waals surface area contributed by atoms with Crippen LogP contribution in [-0.2, 0) is 0 Å². The summed E-state index contributed by atoms with van der Waals surface area (Å²) in [4.78, 5) is 2.29. The van der Waals surface area contributed by atoms with E-state index in [1.807, 2.05) is 12.1 Å². The molecular weight excluding hydrogens is 695 g/mol. The Morgan fingerprint density at radius 1 is 0.298 bits per heavy atom. The molecule has 0 fully saturated rings. The van der Waals surface area contributed by atoms with Gasteiger partial charge in [-0.2, -0.15) is 0 Å². The van der Waals surface area contributed by atoms with E-state index in [-0.39, 0.29) is 0 Å². The molecule has 3 nitrogen and oxygen atoms in total. The molecule has 0 saturated carbocycles. The number of anilines is 3. The molecule has 10 aromatic carbocycles. The van der Waals surface area contributed by atoms with Crippen molar-refractivity contribution < 1.29 is 9.47 Å². The van der Waals surface area contributed by atoms with Crippen LogP contribution in [0, 0.1) is 0 Å². The number of para-hydroxylation sites is 2. The van der Waals surface area contributed by atoms with Gasteiger partial charge in [0.25, 0.3) is 0 Å². The Hall–Kier alpha value is -7.62. The largest absolute Gasteiger partial charge is 0.453 e. The van der Waals surface area contributed by atoms with Crippen LogP contribution in [0.2, 0.25) is 0 Å². The monoisotopic (exact) mass is 727 g/mol. The van der Waals surface area contributed by atoms with Gasteiger partial charge in [-0.3, -0.25) is 4.90 Å². The molecule has 0 amide bonds. The highest BCUT2D eigenvalue weighted by atomic mass is 16.5. The van der Waals surface area contributed by atoms with Crippen LogP contribution in [0.25, 0.3) is 76.8 Å². The predicted octanol–water partition coefficient (Wildman–Crippen LogP) is 15.5. The molecular formula is C54H33NO2. The van der Waals surface area contributed by atoms with Crippen LogP contribution in [0.4, 0.5) is 17.1 Å². The molecule has 0 saturated heterocycles. The molecule has 0 aromatic heterocycles. The molecule has 57 heavy (non-hydrogen) atoms. The average molecular weight is 728 g/mol. The summed E-state index contributed by atoms with van der Waals surface area (Å²) in [5.74, 6) is 3.13. The van der Waals surface area contributed by atoms with Crippen LogP contribution in [0.5, 0.6) is 23.0 Å². The van der Waals surface area contributed by atoms with E-state index in [1.165, 1.54) is 43.4 Å². The normalized spacial score (nSPS) is 12.5. The van der Waals surface area contributed by atoms with Crippen molar-refractivity contribution in [2.45, 2.75) is 0 Å². The smallest absolute Gasteiger partial charge is 0.156 e. The molecule has 0 radical (unpaired) electrons. The molecule has 0 unspecified atom stereocenters. The van der Waals surface area contributed by atoms with Gasteiger partial charge in [0.15, 0.2) is 23.0 Å². The molecule has 0 spiro atoms. The third-order valence-electron chi connectivity index (χ3n) is 11.6. The lowest BCUT2D eigenvalue weighted by Crippen LogP contribution is -2.20. The number of fused-ring (bicyclic) bond motifs is 7. The second-order valence-electron chi connectivity index (χ2n) is 14.9. The van der Waals surface area contributed by atoms with E-state index in [0.717, 1.165) is 73.4 Å². The molecule has 0 bridgehead atoms. The van der Waals surface area contributed by atoms with Crippen molar-refractivity contribution in [1.82, 2.24) is 0 Å². The summed E-state index contributed by atoms with van der Waals surface area (Å²) in [7, 11) is 0. The Morgan fingerprint density at radius 3 is 1.56 bits per heavy atom. The van der Waals surface area contributed by atoms with Crippen molar-refractivity contribution >= 4 is 49.4 Å². The second-order valence-corrected chi connectivity index (χ2v) is 14.9. The Kier molecular flexibility index (Phi) is 6.93. The average Bonchev–Trinajstić information content (AvgIpc) is 3.27. The molecule has 10 aromatic rings. The summed E-state index contributed by atoms with van der Waals surface area (Å²) < 4.78 is 13.6. The van der Waals surface area contributed by atoms with Gasteiger partial charge in [0.2, 0.25) is 0 Å². The van der Waals surface area contributed by atoms with Gasteiger partial charge in [-0.15, -0.1) is 0 Å². The number of nitrogens with zero attached hydrogens (tertiary/aromatic N) is 1. The summed E-state index contributed by atoms with van der Waals surface area (Å²) in [6.45, 7) is 0. The van der Waals surface area contributed by atoms with Crippen molar-refractivity contribution in [3.63, 3.8) is 0 Å². The van der Waals surface area contributed by atoms with Crippen LogP contribution in [0.1, 0.15) is 0 Å². The van der Waals surface area contributed by atoms with Crippen molar-refractivity contribution in [3.05, 3.63) is 200 Å². The summed E-state index contributed by atoms with van der Waals surface area (Å²) in [6, 6.07) is 71.5. The van der Waals surface area contributed by atoms with Crippen molar-refractivity contribution in [2.75, 3.05) is 4.90 Å². The Balaban J connectivity index is 0.971. The number of benzene rings is 10. The number of hydrogen-bond acceptors (Lipinski definition) is 3. The molecule has 12 rings (SSSR count). The van der Waals surface area contributed by atoms with Crippen LogP contribution < -0.4 is 14.4 Å². The van der Waals surface area contributed by atoms with Gasteiger partial charge in [-0.05, 0) is 125 Å². The molecule has 2 heterocycles. The Bertz CT molecular complexity index is 3200. The van der Waals surface area contributed by atoms with Gasteiger partial charge in [-0.1, -0.05) is 152 Å². The van der Waals surface area contributed by atoms with Gasteiger partial charge in [-0.25, -0.2) is 0 Å². The Morgan fingerprint density at radius 2 is 0.807 bits per heavy atom. The van der Waals surface area contributed by atoms with Gasteiger partial charge < -0.3 is 9.47 Å². The lowest BCUT2D eigenvalue weighted by Gasteiger charge is -2.38. The van der Waals surface area contributed by atoms with Crippen molar-refractivity contribution in [2.24, 2.45) is 0 Å². The molecule has 0 aliphatic carbocycles. The van der Waals surface area contributed by atoms with Crippen LogP contribution in [0.3, 0.4) is 0 Å². The fraction of sp³-hybridized carbons (Fsp3) is 0. The Labute approximate surface area is 330 Å². The highest BCUT2D eigenvalue weighted by Crippen LogP contribution is 2.61. The quantitative estimate of drug-likeness (QED) is 0.169. The topological polar surface area (TPSA) is 21.7 Å². The van der Waals surface area contributed by atoms with Crippen molar-refractivity contribution in [1.29, 1.82) is 0 Å². The maximum absolute atomic E-state index is 6.91. The van der Waals surface area contributed by atoms with Gasteiger partial charge in [0.1, 0.15) is 5.69 Å². The zero-order valence-electron chi connectivity index (χ0n) is 30.8. The first kappa shape index (κ1) is 31.7. The third kappa shape index (κ3) is 5.06. The highest BCUT2D eigenvalue weighted by Gasteiger charge is 2.35. The van der Waals surface area contributed by atoms with Crippen LogP contribution in [-0.4, -0.2) is 0 Å². The minimum Gasteiger partial charge on any atom is -0.453 e. The van der Waals surface area contributed by atoms with E-state index >= 15 is 0 Å². The number of rotatable bonds is 4. The minimum atomic E-state index is 0.758. The number of hydrogen-bond donors (Lipinski definition) is 0. The SMILES string of the molecule is c1ccc2c(c1)Oc1cc(-c3ccccc3-c3ccc(-c4c5ccccc5cc5ccccc45)cc3)cc3c1N2c1ccc(-c2ccc4ccccc4c2)cc1O3. The maximum Gasteiger partial charge on any atom is 0.156 e. The second kappa shape index (κ2) is 12.5. The van der Waals surface area contributed by atoms with E-state index in [2.05, 4.69) is 193 Å². The van der Waals surface area contributed by atoms with Crippen molar-refractivity contribution in [3.8, 4) is 67.5 Å². The lowest BCUT2D eigenvalue weighted by molar-refractivity contribution is 0.446. The van der Waals surface area contributed by atoms with E-state index in [4.69, 9.17) is 9.47 Å². The molecule has 0 atom stereocenters. The van der Waals surface area contributed by atoms with Crippen LogP contribution >= 0.6 is 0 Å². The predicted molar refractivity (Wildman–Crippen MR) is 236 cm³/mol. The van der Waals surface area contributed by atoms with E-state index in [1.54, 1.807) is 0 Å². The molecule has 0 N–H and O–H groups in total. The first-order valence-corrected chi connectivity index (χ1v) is 19.4. The zero-order chi connectivity index (χ0) is 37.5. The van der Waals surface area contributed by atoms with Gasteiger partial charge >= 0.3 is 0 Å². The van der Waals surface area contributed by atoms with Gasteiger partial charge in [0, 0.05) is 0 Å². The molecule has 266 valence electrons. The third-order valence-corrected chi connectivity index (χ3v) is 11.6. The molecule has 2 aliphatic rings. The highest BCUT2D eigenvalue weighted by molar-refractivity contribution is 6.12. The first-order valence-electron chi connectivity index (χ1n) is 19.4. The standard InChI is InChI=1S/C54H33NO2/c1-2-12-37-29-38(26-21-34(37)11-1)39-27-28-48-50(31-39)57-52-33-42(32-51-54(52)55(48)47-19-9-10-20-49(47)56-51)44-16-8-7-15-43(44)35-22-24-36(25-23-35)53-45-17-5-3-13-40(45)30-41-14-4-6-18-46(41)53/h1-33H. The van der Waals surface area contributed by atoms with Gasteiger partial charge in [0.05, 0.1) is 11.4 Å².